The number of aliphatic hydroxyl groups excluding tert-OH is 1. The highest BCUT2D eigenvalue weighted by Crippen LogP contribution is 2.62. The van der Waals surface area contributed by atoms with Crippen LogP contribution in [0.2, 0.25) is 0 Å². The van der Waals surface area contributed by atoms with Crippen molar-refractivity contribution >= 4 is 112 Å². The summed E-state index contributed by atoms with van der Waals surface area (Å²) in [6.07, 6.45) is -17.0. The molecule has 0 saturated carbocycles. The quantitative estimate of drug-likeness (QED) is 0.0224. The van der Waals surface area contributed by atoms with Gasteiger partial charge in [0.1, 0.15) is 73.5 Å². The van der Waals surface area contributed by atoms with E-state index in [0.717, 1.165) is 33.2 Å². The van der Waals surface area contributed by atoms with Crippen LogP contribution in [0.1, 0.15) is 68.3 Å². The minimum absolute atomic E-state index is 0.00728. The van der Waals surface area contributed by atoms with Crippen LogP contribution in [0.5, 0.6) is 0 Å². The molecule has 4 fully saturated rings. The molecule has 5 aromatic rings. The van der Waals surface area contributed by atoms with Gasteiger partial charge in [-0.2, -0.15) is 4.98 Å². The molecule has 19 atom stereocenters. The zero-order valence-corrected chi connectivity index (χ0v) is 60.7. The lowest BCUT2D eigenvalue weighted by molar-refractivity contribution is -0.0625. The van der Waals surface area contributed by atoms with Gasteiger partial charge in [-0.25, -0.2) is 42.2 Å². The van der Waals surface area contributed by atoms with E-state index in [2.05, 4.69) is 91.1 Å². The molecule has 50 heteroatoms. The number of nitrogens with zero attached hydrogens (tertiary/aromatic N) is 6. The van der Waals surface area contributed by atoms with Crippen molar-refractivity contribution in [2.24, 2.45) is 0 Å². The van der Waals surface area contributed by atoms with Crippen molar-refractivity contribution in [1.82, 2.24) is 48.2 Å². The van der Waals surface area contributed by atoms with Crippen LogP contribution in [0.4, 0.5) is 5.95 Å². The molecule has 11 unspecified atom stereocenters. The van der Waals surface area contributed by atoms with Crippen LogP contribution < -0.4 is 45.0 Å². The Bertz CT molecular complexity index is 4400. The van der Waals surface area contributed by atoms with E-state index in [1.54, 1.807) is 13.8 Å². The highest BCUT2D eigenvalue weighted by molar-refractivity contribution is 8.45. The minimum atomic E-state index is -4.89. The van der Waals surface area contributed by atoms with Crippen molar-refractivity contribution in [3.05, 3.63) is 114 Å². The molecule has 0 spiro atoms. The summed E-state index contributed by atoms with van der Waals surface area (Å²) in [6, 6.07) is 0. The third-order valence-corrected chi connectivity index (χ3v) is 23.2. The van der Waals surface area contributed by atoms with Crippen molar-refractivity contribution in [1.29, 1.82) is 0 Å². The number of aromatic nitrogens is 10. The molecule has 0 bridgehead atoms. The van der Waals surface area contributed by atoms with E-state index in [1.165, 1.54) is 45.0 Å². The van der Waals surface area contributed by atoms with Crippen LogP contribution >= 0.6 is 95.2 Å². The molecule has 4 aliphatic heterocycles. The molecule has 4 saturated heterocycles. The topological polar surface area (TPSA) is 507 Å². The third-order valence-electron chi connectivity index (χ3n) is 14.9. The fraction of sp³-hybridized carbons (Fsp3) is 0.638. The molecule has 0 amide bonds. The number of aliphatic hydroxyl groups is 1. The second-order valence-corrected chi connectivity index (χ2v) is 36.5. The van der Waals surface area contributed by atoms with Gasteiger partial charge in [0.05, 0.1) is 52.1 Å². The summed E-state index contributed by atoms with van der Waals surface area (Å²) < 4.78 is 168. The van der Waals surface area contributed by atoms with Crippen molar-refractivity contribution in [3.8, 4) is 0 Å². The zero-order valence-electron chi connectivity index (χ0n) is 51.7. The Hall–Kier alpha value is -3.59. The second kappa shape index (κ2) is 31.6. The van der Waals surface area contributed by atoms with Gasteiger partial charge in [0.25, 0.3) is 22.2 Å². The molecule has 7 N–H and O–H groups in total. The molecule has 5 aromatic heterocycles. The van der Waals surface area contributed by atoms with Gasteiger partial charge in [-0.05, 0) is 34.6 Å². The Kier molecular flexibility index (Phi) is 25.2. The first-order valence-electron chi connectivity index (χ1n) is 28.7. The lowest BCUT2D eigenvalue weighted by Crippen LogP contribution is -2.40. The standard InChI is InChI=1S/C47H68N11O29P5S5/c1-20(2)83-89(68,94)75-15-27-25(11-31(80-27)58-19-49-32-37(58)50-44(48)51-41(32)63)85-90(69,95)76-16-26-24(10-30(79-26)55-12-21(3)38(60)52-45(55)64)84-91(70,96)77-17-28-34(36(73-7)43(81-28)57-14-23(5)40(62)54-47(57)66)87-92(71,97)78-18-29-33(86-88(67,93)74-9-8-59)35(72-6)42(82-29)56-13-22(4)39(61)53-46(56)65/h12-14,19-20,24-31,33-36,42-43,59H,8-11,15-18H2,1-7H3,(H,67,93)(H,68,94)(H,69,95)(H,70,96)(H,71,97)(H,52,60,64)(H,53,61,65)(H,54,62,66)(H3,48,50,51,63)/t24?,25?,26-,27-,28-,29-,30-,31-,33?,34?,35?,36?,42-,43-,88?,89?,90?,91?,92?/m1/s1. The van der Waals surface area contributed by atoms with Crippen molar-refractivity contribution in [3.63, 3.8) is 0 Å². The van der Waals surface area contributed by atoms with E-state index in [9.17, 15) is 61.5 Å². The Morgan fingerprint density at radius 3 is 1.37 bits per heavy atom. The number of nitrogen functional groups attached to an aromatic ring is 1. The van der Waals surface area contributed by atoms with Crippen LogP contribution in [0.25, 0.3) is 11.2 Å². The minimum Gasteiger partial charge on any atom is -0.394 e. The molecule has 9 rings (SSSR count). The maximum atomic E-state index is 14.7. The van der Waals surface area contributed by atoms with Gasteiger partial charge >= 0.3 is 51.1 Å². The van der Waals surface area contributed by atoms with E-state index in [0.29, 0.717) is 0 Å². The van der Waals surface area contributed by atoms with Crippen LogP contribution in [0.3, 0.4) is 0 Å². The predicted octanol–water partition coefficient (Wildman–Crippen LogP) is 2.91. The number of methoxy groups -OCH3 is 2. The van der Waals surface area contributed by atoms with Gasteiger partial charge in [0, 0.05) is 62.3 Å². The second-order valence-electron chi connectivity index (χ2n) is 22.1. The van der Waals surface area contributed by atoms with Gasteiger partial charge in [0.2, 0.25) is 5.95 Å². The maximum absolute atomic E-state index is 14.7. The lowest BCUT2D eigenvalue weighted by Gasteiger charge is -2.28. The van der Waals surface area contributed by atoms with Crippen molar-refractivity contribution in [2.45, 2.75) is 140 Å². The molecule has 0 radical (unpaired) electrons. The SMILES string of the molecule is COC1C(OP(=O)(S)OC[C@H]2O[C@@H](n3cc(C)c(=O)[nH]c3=O)C(OC)C2OP(=O)(S)OCCO)[C@@H](COP(=O)(S)OC2C[C@H](n3cc(C)c(=O)[nH]c3=O)O[C@@H]2COP(=O)(S)OC2C[C@H](n3cnc4c(=O)[nH]c(N)nc43)O[C@@H]2COP(=O)(S)OC(C)C)O[C@H]1n1cc(C)c(=O)[nH]c1=O. The number of imidazole rings is 1. The molecular formula is C47H68N11O29P5S5. The Morgan fingerprint density at radius 2 is 0.938 bits per heavy atom. The molecule has 40 nitrogen and oxygen atoms in total. The largest absolute Gasteiger partial charge is 0.394 e. The van der Waals surface area contributed by atoms with Crippen LogP contribution in [0.15, 0.2) is 58.5 Å². The molecule has 4 aliphatic rings. The summed E-state index contributed by atoms with van der Waals surface area (Å²) in [6.45, 7) is -19.9. The molecule has 0 aromatic carbocycles. The summed E-state index contributed by atoms with van der Waals surface area (Å²) in [5.41, 5.74) is -0.0255. The normalized spacial score (nSPS) is 29.2. The number of ether oxygens (including phenoxy) is 6. The summed E-state index contributed by atoms with van der Waals surface area (Å²) in [5.74, 6) is -0.254. The Morgan fingerprint density at radius 1 is 0.546 bits per heavy atom. The van der Waals surface area contributed by atoms with Crippen LogP contribution in [-0.4, -0.2) is 174 Å². The first-order chi connectivity index (χ1) is 45.4. The first kappa shape index (κ1) is 77.6. The molecule has 9 heterocycles. The number of rotatable bonds is 31. The van der Waals surface area contributed by atoms with Gasteiger partial charge in [-0.3, -0.25) is 103 Å². The number of hydrogen-bond donors (Lipinski definition) is 11. The third kappa shape index (κ3) is 19.0. The van der Waals surface area contributed by atoms with E-state index >= 15 is 0 Å². The van der Waals surface area contributed by atoms with Crippen LogP contribution in [-0.2, 0) is 96.5 Å². The number of hydrogen-bond acceptors (Lipinski definition) is 32. The number of fused-ring (bicyclic) bond motifs is 1. The Balaban J connectivity index is 0.953. The smallest absolute Gasteiger partial charge is 0.386 e. The zero-order chi connectivity index (χ0) is 71.0. The highest BCUT2D eigenvalue weighted by Gasteiger charge is 2.54. The molecular weight excluding hydrogens is 1500 g/mol. The number of nitrogens with two attached hydrogens (primary N) is 1. The average molecular weight is 1570 g/mol. The van der Waals surface area contributed by atoms with E-state index in [1.807, 2.05) is 0 Å². The number of anilines is 1. The number of H-pyrrole nitrogens is 4. The summed E-state index contributed by atoms with van der Waals surface area (Å²) in [5, 5.41) is 9.38. The number of thiol groups is 5. The number of aryl methyl sites for hydroxylation is 3. The monoisotopic (exact) mass is 1570 g/mol. The van der Waals surface area contributed by atoms with Crippen LogP contribution in [0, 0.1) is 20.8 Å². The van der Waals surface area contributed by atoms with Crippen molar-refractivity contribution < 1.29 is 102 Å². The Labute approximate surface area is 572 Å². The number of nitrogens with one attached hydrogen (secondary N) is 4. The fourth-order valence-electron chi connectivity index (χ4n) is 10.6. The fourth-order valence-corrected chi connectivity index (χ4v) is 18.3. The number of aromatic amines is 4. The average Bonchev–Trinajstić information content (AvgIpc) is 1.66. The predicted molar refractivity (Wildman–Crippen MR) is 353 cm³/mol. The highest BCUT2D eigenvalue weighted by atomic mass is 32.7. The maximum Gasteiger partial charge on any atom is 0.386 e. The molecule has 0 aliphatic carbocycles. The van der Waals surface area contributed by atoms with E-state index in [-0.39, 0.29) is 40.2 Å². The van der Waals surface area contributed by atoms with E-state index in [4.69, 9.17) is 79.4 Å². The van der Waals surface area contributed by atoms with E-state index < -0.39 is 211 Å². The summed E-state index contributed by atoms with van der Waals surface area (Å²) in [4.78, 5) is 107. The van der Waals surface area contributed by atoms with Gasteiger partial charge in [-0.1, -0.05) is 61.2 Å². The lowest BCUT2D eigenvalue weighted by atomic mass is 10.1. The van der Waals surface area contributed by atoms with Gasteiger partial charge in [0.15, 0.2) is 23.6 Å². The van der Waals surface area contributed by atoms with Gasteiger partial charge < -0.3 is 39.3 Å². The van der Waals surface area contributed by atoms with Crippen molar-refractivity contribution in [2.75, 3.05) is 59.6 Å². The first-order valence-corrected chi connectivity index (χ1v) is 42.1. The molecule has 540 valence electrons. The summed E-state index contributed by atoms with van der Waals surface area (Å²) >= 11 is 20.7. The molecule has 97 heavy (non-hydrogen) atoms. The van der Waals surface area contributed by atoms with Gasteiger partial charge in [-0.15, -0.1) is 0 Å². The summed E-state index contributed by atoms with van der Waals surface area (Å²) in [7, 11) is 2.31.